The van der Waals surface area contributed by atoms with Gasteiger partial charge in [0.05, 0.1) is 0 Å². The van der Waals surface area contributed by atoms with E-state index in [1.807, 2.05) is 24.3 Å². The van der Waals surface area contributed by atoms with Crippen molar-refractivity contribution in [3.8, 4) is 5.75 Å². The minimum absolute atomic E-state index is 0.233. The summed E-state index contributed by atoms with van der Waals surface area (Å²) >= 11 is 0. The minimum atomic E-state index is 0.233. The molecule has 2 heteroatoms. The van der Waals surface area contributed by atoms with Gasteiger partial charge in [0, 0.05) is 12.0 Å². The van der Waals surface area contributed by atoms with Crippen LogP contribution >= 0.6 is 0 Å². The fourth-order valence-corrected chi connectivity index (χ4v) is 2.56. The number of hydrogen-bond donors (Lipinski definition) is 0. The predicted octanol–water partition coefficient (Wildman–Crippen LogP) is 3.44. The zero-order chi connectivity index (χ0) is 13.1. The quantitative estimate of drug-likeness (QED) is 0.782. The average molecular weight is 252 g/mol. The number of fused-ring (bicyclic) bond motifs is 1. The van der Waals surface area contributed by atoms with E-state index in [0.29, 0.717) is 0 Å². The lowest BCUT2D eigenvalue weighted by Gasteiger charge is -2.26. The second-order valence-corrected chi connectivity index (χ2v) is 4.95. The third-order valence-electron chi connectivity index (χ3n) is 3.56. The highest BCUT2D eigenvalue weighted by atomic mass is 16.5. The van der Waals surface area contributed by atoms with Crippen LogP contribution in [0.3, 0.4) is 0 Å². The van der Waals surface area contributed by atoms with Gasteiger partial charge in [0.15, 0.2) is 0 Å². The Hall–Kier alpha value is -2.09. The number of carbonyl (C=O) groups is 1. The van der Waals surface area contributed by atoms with Crippen molar-refractivity contribution < 1.29 is 9.53 Å². The van der Waals surface area contributed by atoms with E-state index in [2.05, 4.69) is 24.3 Å². The summed E-state index contributed by atoms with van der Waals surface area (Å²) in [6.07, 6.45) is 4.04. The molecule has 0 spiro atoms. The van der Waals surface area contributed by atoms with Crippen molar-refractivity contribution in [1.82, 2.24) is 0 Å². The molecule has 2 aromatic rings. The van der Waals surface area contributed by atoms with E-state index in [0.717, 1.165) is 42.4 Å². The van der Waals surface area contributed by atoms with Gasteiger partial charge in [-0.1, -0.05) is 30.3 Å². The maximum absolute atomic E-state index is 10.8. The number of hydrogen-bond acceptors (Lipinski definition) is 2. The van der Waals surface area contributed by atoms with Crippen LogP contribution in [0.4, 0.5) is 0 Å². The highest BCUT2D eigenvalue weighted by molar-refractivity contribution is 5.75. The third kappa shape index (κ3) is 2.68. The Balaban J connectivity index is 1.74. The maximum atomic E-state index is 10.8. The molecule has 0 bridgehead atoms. The smallest absolute Gasteiger partial charge is 0.150 e. The van der Waals surface area contributed by atoms with E-state index < -0.39 is 0 Å². The van der Waals surface area contributed by atoms with Crippen LogP contribution in [0.5, 0.6) is 5.75 Å². The van der Waals surface area contributed by atoms with E-state index in [9.17, 15) is 4.79 Å². The Kier molecular flexibility index (Phi) is 3.32. The van der Waals surface area contributed by atoms with Crippen molar-refractivity contribution >= 4 is 6.29 Å². The van der Waals surface area contributed by atoms with Crippen LogP contribution in [-0.4, -0.2) is 12.4 Å². The molecule has 2 aromatic carbocycles. The molecule has 1 aliphatic heterocycles. The first kappa shape index (κ1) is 12.0. The predicted molar refractivity (Wildman–Crippen MR) is 74.7 cm³/mol. The van der Waals surface area contributed by atoms with Crippen molar-refractivity contribution in [1.29, 1.82) is 0 Å². The highest BCUT2D eigenvalue weighted by Crippen LogP contribution is 2.29. The summed E-state index contributed by atoms with van der Waals surface area (Å²) in [4.78, 5) is 10.8. The summed E-state index contributed by atoms with van der Waals surface area (Å²) < 4.78 is 6.02. The zero-order valence-corrected chi connectivity index (χ0v) is 10.7. The lowest BCUT2D eigenvalue weighted by molar-refractivity contribution is 0.112. The molecular weight excluding hydrogens is 236 g/mol. The molecule has 0 aromatic heterocycles. The van der Waals surface area contributed by atoms with E-state index >= 15 is 0 Å². The Morgan fingerprint density at radius 1 is 1.16 bits per heavy atom. The molecule has 0 saturated carbocycles. The number of rotatable bonds is 3. The summed E-state index contributed by atoms with van der Waals surface area (Å²) in [7, 11) is 0. The molecule has 0 unspecified atom stereocenters. The second kappa shape index (κ2) is 5.27. The van der Waals surface area contributed by atoms with E-state index in [1.54, 1.807) is 0 Å². The van der Waals surface area contributed by atoms with Gasteiger partial charge in [-0.25, -0.2) is 0 Å². The number of ether oxygens (including phenoxy) is 1. The van der Waals surface area contributed by atoms with Gasteiger partial charge in [-0.3, -0.25) is 4.79 Å². The van der Waals surface area contributed by atoms with E-state index in [4.69, 9.17) is 4.74 Å². The van der Waals surface area contributed by atoms with Gasteiger partial charge in [-0.2, -0.15) is 0 Å². The highest BCUT2D eigenvalue weighted by Gasteiger charge is 2.20. The molecule has 19 heavy (non-hydrogen) atoms. The fraction of sp³-hybridized carbons (Fsp3) is 0.235. The monoisotopic (exact) mass is 252 g/mol. The van der Waals surface area contributed by atoms with Crippen LogP contribution in [0.2, 0.25) is 0 Å². The van der Waals surface area contributed by atoms with Gasteiger partial charge in [0.1, 0.15) is 18.1 Å². The first-order valence-corrected chi connectivity index (χ1v) is 6.64. The zero-order valence-electron chi connectivity index (χ0n) is 10.7. The SMILES string of the molecule is O=Cc1ccc2c(c1)CC[C@H](Cc1ccccc1)O2. The number of benzene rings is 2. The fourth-order valence-electron chi connectivity index (χ4n) is 2.56. The second-order valence-electron chi connectivity index (χ2n) is 4.95. The molecule has 1 heterocycles. The van der Waals surface area contributed by atoms with Crippen LogP contribution < -0.4 is 4.74 Å². The normalized spacial score (nSPS) is 17.4. The molecule has 0 fully saturated rings. The topological polar surface area (TPSA) is 26.3 Å². The van der Waals surface area contributed by atoms with Crippen LogP contribution in [0, 0.1) is 0 Å². The van der Waals surface area contributed by atoms with E-state index in [-0.39, 0.29) is 6.10 Å². The molecule has 1 aliphatic rings. The number of aldehydes is 1. The first-order valence-electron chi connectivity index (χ1n) is 6.64. The van der Waals surface area contributed by atoms with Gasteiger partial charge in [0.25, 0.3) is 0 Å². The molecule has 3 rings (SSSR count). The number of aryl methyl sites for hydroxylation is 1. The van der Waals surface area contributed by atoms with Crippen LogP contribution in [0.1, 0.15) is 27.9 Å². The molecular formula is C17H16O2. The van der Waals surface area contributed by atoms with E-state index in [1.165, 1.54) is 5.56 Å². The molecule has 0 aliphatic carbocycles. The molecule has 0 saturated heterocycles. The standard InChI is InChI=1S/C17H16O2/c18-12-14-6-9-17-15(10-14)7-8-16(19-17)11-13-4-2-1-3-5-13/h1-6,9-10,12,16H,7-8,11H2/t16-/m1/s1. The van der Waals surface area contributed by atoms with Gasteiger partial charge in [-0.05, 0) is 42.2 Å². The minimum Gasteiger partial charge on any atom is -0.490 e. The van der Waals surface area contributed by atoms with Crippen LogP contribution in [0.25, 0.3) is 0 Å². The van der Waals surface area contributed by atoms with Gasteiger partial charge >= 0.3 is 0 Å². The third-order valence-corrected chi connectivity index (χ3v) is 3.56. The summed E-state index contributed by atoms with van der Waals surface area (Å²) in [6, 6.07) is 16.1. The number of carbonyl (C=O) groups excluding carboxylic acids is 1. The Labute approximate surface area is 113 Å². The van der Waals surface area contributed by atoms with Gasteiger partial charge in [-0.15, -0.1) is 0 Å². The van der Waals surface area contributed by atoms with Crippen molar-refractivity contribution in [2.24, 2.45) is 0 Å². The summed E-state index contributed by atoms with van der Waals surface area (Å²) in [5.41, 5.74) is 3.18. The molecule has 0 amide bonds. The molecule has 1 atom stereocenters. The largest absolute Gasteiger partial charge is 0.490 e. The van der Waals surface area contributed by atoms with Gasteiger partial charge < -0.3 is 4.74 Å². The summed E-state index contributed by atoms with van der Waals surface area (Å²) in [5, 5.41) is 0. The lowest BCUT2D eigenvalue weighted by atomic mass is 9.96. The van der Waals surface area contributed by atoms with Crippen LogP contribution in [-0.2, 0) is 12.8 Å². The summed E-state index contributed by atoms with van der Waals surface area (Å²) in [6.45, 7) is 0. The van der Waals surface area contributed by atoms with Crippen LogP contribution in [0.15, 0.2) is 48.5 Å². The lowest BCUT2D eigenvalue weighted by Crippen LogP contribution is -2.25. The Morgan fingerprint density at radius 3 is 2.79 bits per heavy atom. The molecule has 2 nitrogen and oxygen atoms in total. The maximum Gasteiger partial charge on any atom is 0.150 e. The first-order chi connectivity index (χ1) is 9.35. The molecule has 96 valence electrons. The van der Waals surface area contributed by atoms with Crippen molar-refractivity contribution in [2.45, 2.75) is 25.4 Å². The van der Waals surface area contributed by atoms with Crippen molar-refractivity contribution in [3.05, 3.63) is 65.2 Å². The van der Waals surface area contributed by atoms with Crippen molar-refractivity contribution in [2.75, 3.05) is 0 Å². The van der Waals surface area contributed by atoms with Gasteiger partial charge in [0.2, 0.25) is 0 Å². The summed E-state index contributed by atoms with van der Waals surface area (Å²) in [5.74, 6) is 0.929. The average Bonchev–Trinajstić information content (AvgIpc) is 2.48. The molecule has 0 N–H and O–H groups in total. The Bertz CT molecular complexity index is 575. The van der Waals surface area contributed by atoms with Crippen molar-refractivity contribution in [3.63, 3.8) is 0 Å². The Morgan fingerprint density at radius 2 is 2.00 bits per heavy atom. The molecule has 0 radical (unpaired) electrons.